The van der Waals surface area contributed by atoms with Gasteiger partial charge in [0.25, 0.3) is 0 Å². The minimum atomic E-state index is 0.648. The average Bonchev–Trinajstić information content (AvgIpc) is 3.05. The van der Waals surface area contributed by atoms with Gasteiger partial charge in [-0.15, -0.1) is 0 Å². The Bertz CT molecular complexity index is 1240. The van der Waals surface area contributed by atoms with Crippen molar-refractivity contribution in [2.24, 2.45) is 0 Å². The standard InChI is InChI=1S/C22H15ClN4/c23-17-12-10-16(11-13-17)21-26-20-22(25-19-9-5-4-8-18(19)24-20)27(21)14-15-6-2-1-3-7-15/h1-13H,14H2. The molecular weight excluding hydrogens is 356 g/mol. The summed E-state index contributed by atoms with van der Waals surface area (Å²) in [6.07, 6.45) is 0. The van der Waals surface area contributed by atoms with Crippen LogP contribution in [0.25, 0.3) is 33.7 Å². The molecule has 0 unspecified atom stereocenters. The number of hydrogen-bond donors (Lipinski definition) is 0. The Morgan fingerprint density at radius 3 is 2.11 bits per heavy atom. The lowest BCUT2D eigenvalue weighted by atomic mass is 10.2. The van der Waals surface area contributed by atoms with Gasteiger partial charge in [0.1, 0.15) is 5.82 Å². The van der Waals surface area contributed by atoms with Crippen LogP contribution in [0.4, 0.5) is 0 Å². The van der Waals surface area contributed by atoms with Crippen LogP contribution < -0.4 is 0 Å². The summed E-state index contributed by atoms with van der Waals surface area (Å²) in [6, 6.07) is 25.9. The van der Waals surface area contributed by atoms with E-state index in [0.717, 1.165) is 28.1 Å². The number of nitrogens with zero attached hydrogens (tertiary/aromatic N) is 4. The van der Waals surface area contributed by atoms with E-state index in [-0.39, 0.29) is 0 Å². The number of para-hydroxylation sites is 2. The molecule has 0 radical (unpaired) electrons. The van der Waals surface area contributed by atoms with E-state index in [2.05, 4.69) is 16.7 Å². The van der Waals surface area contributed by atoms with E-state index in [1.165, 1.54) is 5.56 Å². The van der Waals surface area contributed by atoms with E-state index in [9.17, 15) is 0 Å². The lowest BCUT2D eigenvalue weighted by Gasteiger charge is -2.09. The van der Waals surface area contributed by atoms with Crippen LogP contribution in [-0.2, 0) is 6.54 Å². The SMILES string of the molecule is Clc1ccc(-c2nc3nc4ccccc4nc3n2Cc2ccccc2)cc1. The molecular formula is C22H15ClN4. The fraction of sp³-hybridized carbons (Fsp3) is 0.0455. The molecule has 0 N–H and O–H groups in total. The predicted molar refractivity (Wildman–Crippen MR) is 109 cm³/mol. The fourth-order valence-corrected chi connectivity index (χ4v) is 3.36. The van der Waals surface area contributed by atoms with E-state index in [1.807, 2.05) is 66.7 Å². The second kappa shape index (κ2) is 6.49. The molecule has 130 valence electrons. The molecule has 0 saturated heterocycles. The van der Waals surface area contributed by atoms with Gasteiger partial charge in [-0.2, -0.15) is 0 Å². The second-order valence-corrected chi connectivity index (χ2v) is 6.81. The van der Waals surface area contributed by atoms with E-state index in [0.29, 0.717) is 17.2 Å². The molecule has 0 spiro atoms. The Morgan fingerprint density at radius 1 is 0.704 bits per heavy atom. The van der Waals surface area contributed by atoms with Gasteiger partial charge in [0.2, 0.25) is 0 Å². The summed E-state index contributed by atoms with van der Waals surface area (Å²) in [5.74, 6) is 0.834. The molecule has 0 saturated carbocycles. The van der Waals surface area contributed by atoms with Gasteiger partial charge in [-0.1, -0.05) is 54.1 Å². The molecule has 3 aromatic carbocycles. The van der Waals surface area contributed by atoms with E-state index in [1.54, 1.807) is 0 Å². The molecule has 27 heavy (non-hydrogen) atoms. The molecule has 5 rings (SSSR count). The Hall–Kier alpha value is -3.24. The molecule has 2 heterocycles. The van der Waals surface area contributed by atoms with Crippen molar-refractivity contribution in [3.05, 3.63) is 89.4 Å². The van der Waals surface area contributed by atoms with Gasteiger partial charge in [-0.05, 0) is 42.0 Å². The number of rotatable bonds is 3. The predicted octanol–water partition coefficient (Wildman–Crippen LogP) is 5.35. The van der Waals surface area contributed by atoms with Crippen LogP contribution in [0, 0.1) is 0 Å². The van der Waals surface area contributed by atoms with E-state index in [4.69, 9.17) is 26.6 Å². The summed E-state index contributed by atoms with van der Waals surface area (Å²) in [5.41, 5.74) is 5.30. The number of benzene rings is 3. The van der Waals surface area contributed by atoms with Crippen molar-refractivity contribution < 1.29 is 0 Å². The molecule has 5 heteroatoms. The van der Waals surface area contributed by atoms with Crippen molar-refractivity contribution in [3.8, 4) is 11.4 Å². The summed E-state index contributed by atoms with van der Waals surface area (Å²) in [7, 11) is 0. The van der Waals surface area contributed by atoms with Crippen LogP contribution in [0.15, 0.2) is 78.9 Å². The monoisotopic (exact) mass is 370 g/mol. The van der Waals surface area contributed by atoms with Gasteiger partial charge < -0.3 is 4.57 Å². The molecule has 0 aliphatic heterocycles. The maximum Gasteiger partial charge on any atom is 0.198 e. The maximum absolute atomic E-state index is 6.07. The van der Waals surface area contributed by atoms with Crippen LogP contribution in [0.5, 0.6) is 0 Å². The normalized spacial score (nSPS) is 11.3. The Balaban J connectivity index is 1.77. The highest BCUT2D eigenvalue weighted by atomic mass is 35.5. The van der Waals surface area contributed by atoms with E-state index >= 15 is 0 Å². The zero-order valence-corrected chi connectivity index (χ0v) is 15.1. The third kappa shape index (κ3) is 2.94. The molecule has 0 atom stereocenters. The summed E-state index contributed by atoms with van der Waals surface area (Å²) in [4.78, 5) is 14.4. The molecule has 2 aromatic heterocycles. The number of fused-ring (bicyclic) bond motifs is 2. The van der Waals surface area contributed by atoms with Crippen molar-refractivity contribution in [2.45, 2.75) is 6.54 Å². The molecule has 0 amide bonds. The number of imidazole rings is 1. The zero-order valence-electron chi connectivity index (χ0n) is 14.4. The van der Waals surface area contributed by atoms with Gasteiger partial charge in [0.15, 0.2) is 11.3 Å². The van der Waals surface area contributed by atoms with Crippen LogP contribution >= 0.6 is 11.6 Å². The molecule has 0 aliphatic carbocycles. The van der Waals surface area contributed by atoms with Crippen molar-refractivity contribution in [1.82, 2.24) is 19.5 Å². The van der Waals surface area contributed by atoms with Gasteiger partial charge >= 0.3 is 0 Å². The second-order valence-electron chi connectivity index (χ2n) is 6.37. The zero-order chi connectivity index (χ0) is 18.2. The van der Waals surface area contributed by atoms with Crippen LogP contribution in [0.2, 0.25) is 5.02 Å². The highest BCUT2D eigenvalue weighted by molar-refractivity contribution is 6.30. The minimum absolute atomic E-state index is 0.648. The van der Waals surface area contributed by atoms with Crippen molar-refractivity contribution in [2.75, 3.05) is 0 Å². The Morgan fingerprint density at radius 2 is 1.37 bits per heavy atom. The smallest absolute Gasteiger partial charge is 0.198 e. The molecule has 0 fully saturated rings. The Kier molecular flexibility index (Phi) is 3.84. The summed E-state index contributed by atoms with van der Waals surface area (Å²) < 4.78 is 2.12. The number of hydrogen-bond acceptors (Lipinski definition) is 3. The van der Waals surface area contributed by atoms with Gasteiger partial charge in [-0.3, -0.25) is 0 Å². The molecule has 5 aromatic rings. The van der Waals surface area contributed by atoms with Crippen molar-refractivity contribution in [1.29, 1.82) is 0 Å². The maximum atomic E-state index is 6.07. The highest BCUT2D eigenvalue weighted by Gasteiger charge is 2.16. The summed E-state index contributed by atoms with van der Waals surface area (Å²) >= 11 is 6.07. The van der Waals surface area contributed by atoms with Crippen molar-refractivity contribution in [3.63, 3.8) is 0 Å². The average molecular weight is 371 g/mol. The van der Waals surface area contributed by atoms with Gasteiger partial charge in [-0.25, -0.2) is 15.0 Å². The summed E-state index contributed by atoms with van der Waals surface area (Å²) in [6.45, 7) is 0.669. The Labute approximate surface area is 161 Å². The van der Waals surface area contributed by atoms with Gasteiger partial charge in [0, 0.05) is 10.6 Å². The third-order valence-electron chi connectivity index (χ3n) is 4.54. The number of aromatic nitrogens is 4. The van der Waals surface area contributed by atoms with Crippen molar-refractivity contribution >= 4 is 33.9 Å². The van der Waals surface area contributed by atoms with Gasteiger partial charge in [0.05, 0.1) is 17.6 Å². The third-order valence-corrected chi connectivity index (χ3v) is 4.80. The number of halogens is 1. The minimum Gasteiger partial charge on any atom is -0.303 e. The first-order valence-corrected chi connectivity index (χ1v) is 9.08. The van der Waals surface area contributed by atoms with Crippen LogP contribution in [-0.4, -0.2) is 19.5 Å². The highest BCUT2D eigenvalue weighted by Crippen LogP contribution is 2.26. The molecule has 0 aliphatic rings. The first-order chi connectivity index (χ1) is 13.3. The largest absolute Gasteiger partial charge is 0.303 e. The van der Waals surface area contributed by atoms with Crippen LogP contribution in [0.3, 0.4) is 0 Å². The molecule has 0 bridgehead atoms. The molecule has 4 nitrogen and oxygen atoms in total. The van der Waals surface area contributed by atoms with E-state index < -0.39 is 0 Å². The first-order valence-electron chi connectivity index (χ1n) is 8.71. The topological polar surface area (TPSA) is 43.6 Å². The fourth-order valence-electron chi connectivity index (χ4n) is 3.23. The first kappa shape index (κ1) is 16.0. The lowest BCUT2D eigenvalue weighted by molar-refractivity contribution is 0.825. The van der Waals surface area contributed by atoms with Crippen LogP contribution in [0.1, 0.15) is 5.56 Å². The quantitative estimate of drug-likeness (QED) is 0.430. The lowest BCUT2D eigenvalue weighted by Crippen LogP contribution is -2.03. The summed E-state index contributed by atoms with van der Waals surface area (Å²) in [5, 5.41) is 0.700.